The van der Waals surface area contributed by atoms with Gasteiger partial charge in [-0.05, 0) is 61.9 Å². The number of fused-ring (bicyclic) bond motifs is 1. The minimum atomic E-state index is -1.18. The standard InChI is InChI=1S/C26H23FN4O3/c1-26(2)23(29-25(33)34)22(16-6-4-3-5-7-16)30(24(26)32)20-12-13-21-17(14-20)15-28-31(21)19-10-8-18(27)9-11-19/h3-15,22-23,29H,1-2H3,(H,33,34)/t22-,23-/m1/s1. The van der Waals surface area contributed by atoms with Crippen molar-refractivity contribution in [2.75, 3.05) is 4.90 Å². The lowest BCUT2D eigenvalue weighted by Crippen LogP contribution is -2.45. The fourth-order valence-corrected chi connectivity index (χ4v) is 4.73. The molecule has 2 atom stereocenters. The van der Waals surface area contributed by atoms with Crippen molar-refractivity contribution in [3.63, 3.8) is 0 Å². The van der Waals surface area contributed by atoms with E-state index in [0.29, 0.717) is 5.69 Å². The molecule has 1 aromatic heterocycles. The first-order valence-corrected chi connectivity index (χ1v) is 10.9. The van der Waals surface area contributed by atoms with E-state index in [4.69, 9.17) is 0 Å². The Labute approximate surface area is 195 Å². The summed E-state index contributed by atoms with van der Waals surface area (Å²) in [4.78, 5) is 26.9. The largest absolute Gasteiger partial charge is 0.465 e. The number of amides is 2. The molecule has 1 aliphatic heterocycles. The summed E-state index contributed by atoms with van der Waals surface area (Å²) < 4.78 is 15.1. The maximum absolute atomic E-state index is 13.6. The molecule has 7 nitrogen and oxygen atoms in total. The normalized spacial score (nSPS) is 19.5. The lowest BCUT2D eigenvalue weighted by atomic mass is 9.82. The number of carbonyl (C=O) groups excluding carboxylic acids is 1. The Morgan fingerprint density at radius 3 is 2.38 bits per heavy atom. The Morgan fingerprint density at radius 1 is 1.03 bits per heavy atom. The second kappa shape index (κ2) is 7.98. The van der Waals surface area contributed by atoms with Crippen LogP contribution in [-0.2, 0) is 4.79 Å². The van der Waals surface area contributed by atoms with E-state index in [1.165, 1.54) is 12.1 Å². The van der Waals surface area contributed by atoms with Gasteiger partial charge in [0.1, 0.15) is 5.82 Å². The van der Waals surface area contributed by atoms with E-state index in [2.05, 4.69) is 10.4 Å². The molecule has 1 fully saturated rings. The Bertz CT molecular complexity index is 1380. The Balaban J connectivity index is 1.61. The molecule has 3 aromatic carbocycles. The topological polar surface area (TPSA) is 87.5 Å². The van der Waals surface area contributed by atoms with E-state index in [9.17, 15) is 19.1 Å². The number of carbonyl (C=O) groups is 2. The number of rotatable bonds is 4. The number of hydrogen-bond donors (Lipinski definition) is 2. The SMILES string of the molecule is CC1(C)C(=O)N(c2ccc3c(cnn3-c3ccc(F)cc3)c2)[C@H](c2ccccc2)[C@H]1NC(=O)O. The van der Waals surface area contributed by atoms with Gasteiger partial charge in [-0.1, -0.05) is 30.3 Å². The van der Waals surface area contributed by atoms with Crippen molar-refractivity contribution >= 4 is 28.6 Å². The van der Waals surface area contributed by atoms with Gasteiger partial charge in [0.05, 0.1) is 34.9 Å². The molecule has 2 N–H and O–H groups in total. The first-order chi connectivity index (χ1) is 16.3. The highest BCUT2D eigenvalue weighted by Crippen LogP contribution is 2.46. The summed E-state index contributed by atoms with van der Waals surface area (Å²) in [6.07, 6.45) is 0.517. The van der Waals surface area contributed by atoms with Gasteiger partial charge in [0.25, 0.3) is 0 Å². The first-order valence-electron chi connectivity index (χ1n) is 10.9. The van der Waals surface area contributed by atoms with Gasteiger partial charge >= 0.3 is 6.09 Å². The molecule has 0 aliphatic carbocycles. The van der Waals surface area contributed by atoms with Crippen LogP contribution in [0.2, 0.25) is 0 Å². The first kappa shape index (κ1) is 21.6. The van der Waals surface area contributed by atoms with Crippen LogP contribution in [0.4, 0.5) is 14.9 Å². The highest BCUT2D eigenvalue weighted by Gasteiger charge is 2.55. The molecule has 1 aliphatic rings. The summed E-state index contributed by atoms with van der Waals surface area (Å²) in [5.74, 6) is -0.500. The quantitative estimate of drug-likeness (QED) is 0.455. The molecule has 0 unspecified atom stereocenters. The van der Waals surface area contributed by atoms with Crippen molar-refractivity contribution in [2.24, 2.45) is 5.41 Å². The van der Waals surface area contributed by atoms with Crippen LogP contribution in [0.5, 0.6) is 0 Å². The molecular formula is C26H23FN4O3. The number of benzene rings is 3. The van der Waals surface area contributed by atoms with Gasteiger partial charge in [0.15, 0.2) is 0 Å². The second-order valence-corrected chi connectivity index (χ2v) is 8.96. The fraction of sp³-hybridized carbons (Fsp3) is 0.192. The van der Waals surface area contributed by atoms with Gasteiger partial charge in [-0.25, -0.2) is 13.9 Å². The predicted octanol–water partition coefficient (Wildman–Crippen LogP) is 4.91. The summed E-state index contributed by atoms with van der Waals surface area (Å²) in [5.41, 5.74) is 2.04. The lowest BCUT2D eigenvalue weighted by Gasteiger charge is -2.30. The van der Waals surface area contributed by atoms with Crippen LogP contribution >= 0.6 is 0 Å². The highest BCUT2D eigenvalue weighted by molar-refractivity contribution is 6.03. The van der Waals surface area contributed by atoms with E-state index < -0.39 is 23.6 Å². The molecule has 4 aromatic rings. The van der Waals surface area contributed by atoms with E-state index in [1.54, 1.807) is 41.8 Å². The third-order valence-electron chi connectivity index (χ3n) is 6.46. The van der Waals surface area contributed by atoms with Crippen LogP contribution in [0.1, 0.15) is 25.5 Å². The van der Waals surface area contributed by atoms with E-state index in [0.717, 1.165) is 22.2 Å². The van der Waals surface area contributed by atoms with Gasteiger partial charge in [0, 0.05) is 11.1 Å². The summed E-state index contributed by atoms with van der Waals surface area (Å²) in [6, 6.07) is 19.9. The molecule has 0 bridgehead atoms. The van der Waals surface area contributed by atoms with Crippen LogP contribution in [-0.4, -0.2) is 32.9 Å². The highest BCUT2D eigenvalue weighted by atomic mass is 19.1. The molecule has 2 amide bonds. The molecule has 8 heteroatoms. The molecule has 5 rings (SSSR count). The monoisotopic (exact) mass is 458 g/mol. The van der Waals surface area contributed by atoms with E-state index in [1.807, 2.05) is 48.5 Å². The fourth-order valence-electron chi connectivity index (χ4n) is 4.73. The van der Waals surface area contributed by atoms with Crippen molar-refractivity contribution < 1.29 is 19.1 Å². The maximum Gasteiger partial charge on any atom is 0.404 e. The minimum absolute atomic E-state index is 0.176. The molecule has 2 heterocycles. The average molecular weight is 458 g/mol. The summed E-state index contributed by atoms with van der Waals surface area (Å²) in [7, 11) is 0. The number of halogens is 1. The molecule has 172 valence electrons. The number of aromatic nitrogens is 2. The maximum atomic E-state index is 13.6. The zero-order valence-electron chi connectivity index (χ0n) is 18.6. The van der Waals surface area contributed by atoms with Crippen molar-refractivity contribution in [1.29, 1.82) is 0 Å². The van der Waals surface area contributed by atoms with Gasteiger partial charge < -0.3 is 15.3 Å². The number of anilines is 1. The Hall–Kier alpha value is -4.20. The van der Waals surface area contributed by atoms with Gasteiger partial charge in [-0.3, -0.25) is 4.79 Å². The molecule has 0 radical (unpaired) electrons. The van der Waals surface area contributed by atoms with Crippen LogP contribution in [0.3, 0.4) is 0 Å². The summed E-state index contributed by atoms with van der Waals surface area (Å²) >= 11 is 0. The van der Waals surface area contributed by atoms with E-state index in [-0.39, 0.29) is 11.7 Å². The van der Waals surface area contributed by atoms with Gasteiger partial charge in [0.2, 0.25) is 5.91 Å². The molecule has 34 heavy (non-hydrogen) atoms. The summed E-state index contributed by atoms with van der Waals surface area (Å²) in [5, 5.41) is 17.3. The number of carboxylic acid groups (broad SMARTS) is 1. The molecule has 0 spiro atoms. The Kier molecular flexibility index (Phi) is 5.08. The lowest BCUT2D eigenvalue weighted by molar-refractivity contribution is -0.124. The van der Waals surface area contributed by atoms with Crippen molar-refractivity contribution in [3.05, 3.63) is 90.4 Å². The zero-order valence-corrected chi connectivity index (χ0v) is 18.6. The van der Waals surface area contributed by atoms with Crippen molar-refractivity contribution in [1.82, 2.24) is 15.1 Å². The Morgan fingerprint density at radius 2 is 1.71 bits per heavy atom. The number of nitrogens with zero attached hydrogens (tertiary/aromatic N) is 3. The molecule has 1 saturated heterocycles. The van der Waals surface area contributed by atoms with Crippen LogP contribution < -0.4 is 10.2 Å². The van der Waals surface area contributed by atoms with Crippen LogP contribution in [0.25, 0.3) is 16.6 Å². The predicted molar refractivity (Wildman–Crippen MR) is 126 cm³/mol. The van der Waals surface area contributed by atoms with E-state index >= 15 is 0 Å². The third kappa shape index (κ3) is 3.48. The third-order valence-corrected chi connectivity index (χ3v) is 6.46. The molecular weight excluding hydrogens is 435 g/mol. The minimum Gasteiger partial charge on any atom is -0.465 e. The molecule has 0 saturated carbocycles. The van der Waals surface area contributed by atoms with Crippen molar-refractivity contribution in [2.45, 2.75) is 25.9 Å². The number of nitrogens with one attached hydrogen (secondary N) is 1. The average Bonchev–Trinajstić information content (AvgIpc) is 3.32. The van der Waals surface area contributed by atoms with Crippen LogP contribution in [0.15, 0.2) is 79.0 Å². The smallest absolute Gasteiger partial charge is 0.404 e. The van der Waals surface area contributed by atoms with Gasteiger partial charge in [-0.15, -0.1) is 0 Å². The van der Waals surface area contributed by atoms with Gasteiger partial charge in [-0.2, -0.15) is 5.10 Å². The van der Waals surface area contributed by atoms with Crippen molar-refractivity contribution in [3.8, 4) is 5.69 Å². The zero-order chi connectivity index (χ0) is 24.0. The summed E-state index contributed by atoms with van der Waals surface area (Å²) in [6.45, 7) is 3.52. The number of hydrogen-bond acceptors (Lipinski definition) is 3. The second-order valence-electron chi connectivity index (χ2n) is 8.96. The van der Waals surface area contributed by atoms with Crippen LogP contribution in [0, 0.1) is 11.2 Å².